The predicted octanol–water partition coefficient (Wildman–Crippen LogP) is 3.87. The van der Waals surface area contributed by atoms with Gasteiger partial charge < -0.3 is 15.4 Å². The Morgan fingerprint density at radius 1 is 0.970 bits per heavy atom. The zero-order chi connectivity index (χ0) is 23.0. The molecule has 3 aromatic carbocycles. The van der Waals surface area contributed by atoms with E-state index in [0.29, 0.717) is 22.0 Å². The Bertz CT molecular complexity index is 1240. The van der Waals surface area contributed by atoms with Crippen molar-refractivity contribution in [3.63, 3.8) is 0 Å². The number of amides is 2. The van der Waals surface area contributed by atoms with Gasteiger partial charge in [-0.1, -0.05) is 41.9 Å². The fourth-order valence-electron chi connectivity index (χ4n) is 3.05. The molecular formula is C24H20ClN5O3. The number of halogens is 1. The number of nitrogens with zero attached hydrogens (tertiary/aromatic N) is 3. The van der Waals surface area contributed by atoms with E-state index in [9.17, 15) is 9.59 Å². The predicted molar refractivity (Wildman–Crippen MR) is 125 cm³/mol. The number of para-hydroxylation sites is 1. The van der Waals surface area contributed by atoms with E-state index < -0.39 is 5.91 Å². The molecule has 0 radical (unpaired) electrons. The summed E-state index contributed by atoms with van der Waals surface area (Å²) < 4.78 is 7.42. The van der Waals surface area contributed by atoms with Gasteiger partial charge in [0.05, 0.1) is 17.8 Å². The molecule has 1 aromatic heterocycles. The van der Waals surface area contributed by atoms with Crippen molar-refractivity contribution in [2.45, 2.75) is 6.61 Å². The molecule has 166 valence electrons. The number of benzene rings is 3. The molecule has 4 rings (SSSR count). The van der Waals surface area contributed by atoms with Gasteiger partial charge in [0.15, 0.2) is 0 Å². The van der Waals surface area contributed by atoms with E-state index in [2.05, 4.69) is 20.7 Å². The minimum Gasteiger partial charge on any atom is -0.488 e. The average molecular weight is 462 g/mol. The second-order valence-corrected chi connectivity index (χ2v) is 7.40. The third-order valence-electron chi connectivity index (χ3n) is 4.72. The quantitative estimate of drug-likeness (QED) is 0.415. The van der Waals surface area contributed by atoms with E-state index in [4.69, 9.17) is 16.3 Å². The van der Waals surface area contributed by atoms with Crippen molar-refractivity contribution < 1.29 is 14.3 Å². The topological polar surface area (TPSA) is 98.1 Å². The van der Waals surface area contributed by atoms with Crippen LogP contribution < -0.4 is 15.4 Å². The van der Waals surface area contributed by atoms with Crippen molar-refractivity contribution in [3.05, 3.63) is 102 Å². The first-order valence-electron chi connectivity index (χ1n) is 10.1. The van der Waals surface area contributed by atoms with Crippen LogP contribution in [0.2, 0.25) is 5.02 Å². The van der Waals surface area contributed by atoms with Crippen molar-refractivity contribution in [3.8, 4) is 11.4 Å². The average Bonchev–Trinajstić information content (AvgIpc) is 3.38. The van der Waals surface area contributed by atoms with Crippen molar-refractivity contribution in [1.82, 2.24) is 20.1 Å². The number of nitrogens with one attached hydrogen (secondary N) is 2. The van der Waals surface area contributed by atoms with Crippen LogP contribution in [0.4, 0.5) is 5.69 Å². The molecule has 8 nitrogen and oxygen atoms in total. The maximum absolute atomic E-state index is 12.7. The maximum Gasteiger partial charge on any atom is 0.255 e. The van der Waals surface area contributed by atoms with Crippen LogP contribution in [0.1, 0.15) is 15.9 Å². The summed E-state index contributed by atoms with van der Waals surface area (Å²) >= 11 is 6.17. The van der Waals surface area contributed by atoms with Crippen molar-refractivity contribution in [1.29, 1.82) is 0 Å². The molecule has 2 N–H and O–H groups in total. The summed E-state index contributed by atoms with van der Waals surface area (Å²) in [5, 5.41) is 10.0. The van der Waals surface area contributed by atoms with Gasteiger partial charge in [-0.3, -0.25) is 9.59 Å². The number of hydrogen-bond donors (Lipinski definition) is 2. The normalized spacial score (nSPS) is 10.5. The SMILES string of the molecule is O=C(CNC(=O)c1ccccc1OCc1ccccc1Cl)Nc1ccc(-n2cncn2)cc1. The van der Waals surface area contributed by atoms with Gasteiger partial charge in [-0.05, 0) is 42.5 Å². The summed E-state index contributed by atoms with van der Waals surface area (Å²) in [6.07, 6.45) is 3.03. The molecule has 0 aliphatic carbocycles. The van der Waals surface area contributed by atoms with Gasteiger partial charge in [-0.25, -0.2) is 9.67 Å². The number of hydrogen-bond acceptors (Lipinski definition) is 5. The highest BCUT2D eigenvalue weighted by atomic mass is 35.5. The number of ether oxygens (including phenoxy) is 1. The van der Waals surface area contributed by atoms with Crippen LogP contribution in [0, 0.1) is 0 Å². The maximum atomic E-state index is 12.7. The lowest BCUT2D eigenvalue weighted by molar-refractivity contribution is -0.115. The van der Waals surface area contributed by atoms with Gasteiger partial charge in [-0.15, -0.1) is 0 Å². The number of rotatable bonds is 8. The highest BCUT2D eigenvalue weighted by Gasteiger charge is 2.14. The molecule has 2 amide bonds. The molecule has 4 aromatic rings. The van der Waals surface area contributed by atoms with Crippen LogP contribution in [0.15, 0.2) is 85.5 Å². The molecular weight excluding hydrogens is 442 g/mol. The highest BCUT2D eigenvalue weighted by molar-refractivity contribution is 6.31. The van der Waals surface area contributed by atoms with Crippen molar-refractivity contribution >= 4 is 29.1 Å². The van der Waals surface area contributed by atoms with Crippen LogP contribution >= 0.6 is 11.6 Å². The Kier molecular flexibility index (Phi) is 6.96. The van der Waals surface area contributed by atoms with Gasteiger partial charge in [0.1, 0.15) is 25.0 Å². The molecule has 9 heteroatoms. The lowest BCUT2D eigenvalue weighted by atomic mass is 10.2. The van der Waals surface area contributed by atoms with E-state index in [0.717, 1.165) is 11.3 Å². The molecule has 0 atom stereocenters. The fraction of sp³-hybridized carbons (Fsp3) is 0.0833. The summed E-state index contributed by atoms with van der Waals surface area (Å²) in [6, 6.07) is 21.3. The van der Waals surface area contributed by atoms with Gasteiger partial charge in [-0.2, -0.15) is 5.10 Å². The zero-order valence-electron chi connectivity index (χ0n) is 17.4. The Morgan fingerprint density at radius 2 is 1.73 bits per heavy atom. The standard InChI is InChI=1S/C24H20ClN5O3/c25-21-7-3-1-5-17(21)14-33-22-8-4-2-6-20(22)24(32)27-13-23(31)29-18-9-11-19(12-10-18)30-16-26-15-28-30/h1-12,15-16H,13-14H2,(H,27,32)(H,29,31). The third kappa shape index (κ3) is 5.75. The van der Waals surface area contributed by atoms with Crippen LogP contribution in [0.25, 0.3) is 5.69 Å². The summed E-state index contributed by atoms with van der Waals surface area (Å²) in [4.78, 5) is 28.9. The summed E-state index contributed by atoms with van der Waals surface area (Å²) in [7, 11) is 0. The summed E-state index contributed by atoms with van der Waals surface area (Å²) in [5.74, 6) is -0.369. The molecule has 0 saturated heterocycles. The summed E-state index contributed by atoms with van der Waals surface area (Å²) in [6.45, 7) is 0.0253. The van der Waals surface area contributed by atoms with Crippen LogP contribution in [-0.2, 0) is 11.4 Å². The molecule has 0 aliphatic heterocycles. The van der Waals surface area contributed by atoms with E-state index >= 15 is 0 Å². The molecule has 0 fully saturated rings. The second-order valence-electron chi connectivity index (χ2n) is 6.99. The number of anilines is 1. The van der Waals surface area contributed by atoms with Crippen molar-refractivity contribution in [2.24, 2.45) is 0 Å². The molecule has 33 heavy (non-hydrogen) atoms. The summed E-state index contributed by atoms with van der Waals surface area (Å²) in [5.41, 5.74) is 2.55. The van der Waals surface area contributed by atoms with Gasteiger partial charge >= 0.3 is 0 Å². The third-order valence-corrected chi connectivity index (χ3v) is 5.09. The first-order valence-corrected chi connectivity index (χ1v) is 10.5. The highest BCUT2D eigenvalue weighted by Crippen LogP contribution is 2.22. The van der Waals surface area contributed by atoms with Crippen LogP contribution in [0.3, 0.4) is 0 Å². The largest absolute Gasteiger partial charge is 0.488 e. The number of carbonyl (C=O) groups excluding carboxylic acids is 2. The molecule has 0 unspecified atom stereocenters. The second kappa shape index (κ2) is 10.4. The molecule has 0 bridgehead atoms. The lowest BCUT2D eigenvalue weighted by Gasteiger charge is -2.12. The van der Waals surface area contributed by atoms with E-state index in [1.54, 1.807) is 65.6 Å². The Balaban J connectivity index is 1.32. The van der Waals surface area contributed by atoms with E-state index in [1.807, 2.05) is 18.2 Å². The zero-order valence-corrected chi connectivity index (χ0v) is 18.2. The van der Waals surface area contributed by atoms with E-state index in [1.165, 1.54) is 6.33 Å². The Morgan fingerprint density at radius 3 is 2.48 bits per heavy atom. The number of carbonyl (C=O) groups is 2. The molecule has 0 aliphatic rings. The van der Waals surface area contributed by atoms with Crippen LogP contribution in [-0.4, -0.2) is 33.1 Å². The smallest absolute Gasteiger partial charge is 0.255 e. The fourth-order valence-corrected chi connectivity index (χ4v) is 3.24. The van der Waals surface area contributed by atoms with Crippen LogP contribution in [0.5, 0.6) is 5.75 Å². The van der Waals surface area contributed by atoms with Gasteiger partial charge in [0, 0.05) is 16.3 Å². The van der Waals surface area contributed by atoms with Gasteiger partial charge in [0.25, 0.3) is 5.91 Å². The first-order chi connectivity index (χ1) is 16.1. The molecule has 0 spiro atoms. The minimum atomic E-state index is -0.415. The Hall–Kier alpha value is -4.17. The van der Waals surface area contributed by atoms with Gasteiger partial charge in [0.2, 0.25) is 5.91 Å². The van der Waals surface area contributed by atoms with Crippen molar-refractivity contribution in [2.75, 3.05) is 11.9 Å². The Labute approximate surface area is 195 Å². The van der Waals surface area contributed by atoms with E-state index in [-0.39, 0.29) is 19.1 Å². The molecule has 0 saturated carbocycles. The number of aromatic nitrogens is 3. The monoisotopic (exact) mass is 461 g/mol. The lowest BCUT2D eigenvalue weighted by Crippen LogP contribution is -2.33. The molecule has 1 heterocycles. The minimum absolute atomic E-state index is 0.192. The first kappa shape index (κ1) is 22.0.